The molecule has 0 aliphatic carbocycles. The van der Waals surface area contributed by atoms with Gasteiger partial charge in [-0.15, -0.1) is 0 Å². The minimum absolute atomic E-state index is 0.0468. The van der Waals surface area contributed by atoms with E-state index in [1.165, 1.54) is 6.08 Å². The van der Waals surface area contributed by atoms with Crippen LogP contribution in [0.3, 0.4) is 0 Å². The quantitative estimate of drug-likeness (QED) is 0.0725. The van der Waals surface area contributed by atoms with Crippen molar-refractivity contribution in [1.29, 1.82) is 0 Å². The summed E-state index contributed by atoms with van der Waals surface area (Å²) in [5.41, 5.74) is 1.25. The molecule has 15 atom stereocenters. The lowest BCUT2D eigenvalue weighted by Gasteiger charge is -2.27. The Kier molecular flexibility index (Phi) is 35.5. The fourth-order valence-corrected chi connectivity index (χ4v) is 8.86. The minimum atomic E-state index is -1.14. The molecular formula is C54H98O14. The monoisotopic (exact) mass is 971 g/mol. The van der Waals surface area contributed by atoms with Crippen LogP contribution in [0.25, 0.3) is 0 Å². The van der Waals surface area contributed by atoms with Gasteiger partial charge >= 0.3 is 5.97 Å². The van der Waals surface area contributed by atoms with Gasteiger partial charge in [0, 0.05) is 24.3 Å². The van der Waals surface area contributed by atoms with Crippen molar-refractivity contribution >= 4 is 5.97 Å². The molecule has 0 aromatic carbocycles. The van der Waals surface area contributed by atoms with Crippen LogP contribution in [0.2, 0.25) is 0 Å². The van der Waals surface area contributed by atoms with Gasteiger partial charge in [0.15, 0.2) is 0 Å². The van der Waals surface area contributed by atoms with Crippen molar-refractivity contribution in [3.8, 4) is 0 Å². The first kappa shape index (κ1) is 64.0. The van der Waals surface area contributed by atoms with Crippen LogP contribution >= 0.6 is 0 Å². The Morgan fingerprint density at radius 1 is 0.559 bits per heavy atom. The third-order valence-electron chi connectivity index (χ3n) is 13.6. The van der Waals surface area contributed by atoms with Gasteiger partial charge in [0.1, 0.15) is 6.10 Å². The molecule has 0 radical (unpaired) electrons. The zero-order chi connectivity index (χ0) is 51.0. The second kappa shape index (κ2) is 37.7. The highest BCUT2D eigenvalue weighted by molar-refractivity contribution is 5.82. The molecule has 1 rings (SSSR count). The number of esters is 1. The third-order valence-corrected chi connectivity index (χ3v) is 13.6. The summed E-state index contributed by atoms with van der Waals surface area (Å²) in [5, 5.41) is 127. The van der Waals surface area contributed by atoms with E-state index in [-0.39, 0.29) is 50.5 Å². The largest absolute Gasteiger partial charge is 0.458 e. The Morgan fingerprint density at radius 3 is 1.68 bits per heavy atom. The molecule has 1 aliphatic rings. The first-order valence-electron chi connectivity index (χ1n) is 26.2. The zero-order valence-electron chi connectivity index (χ0n) is 42.5. The smallest absolute Gasteiger partial charge is 0.331 e. The molecule has 1 aliphatic heterocycles. The maximum atomic E-state index is 13.1. The Bertz CT molecular complexity index is 1400. The Morgan fingerprint density at radius 2 is 1.07 bits per heavy atom. The first-order valence-corrected chi connectivity index (χ1v) is 26.2. The van der Waals surface area contributed by atoms with E-state index in [1.54, 1.807) is 45.9 Å². The molecule has 14 heteroatoms. The second-order valence-corrected chi connectivity index (χ2v) is 20.4. The summed E-state index contributed by atoms with van der Waals surface area (Å²) in [7, 11) is 0. The number of aliphatic hydroxyl groups excluding tert-OH is 12. The van der Waals surface area contributed by atoms with Gasteiger partial charge in [0.05, 0.1) is 73.2 Å². The average Bonchev–Trinajstić information content (AvgIpc) is 3.26. The highest BCUT2D eigenvalue weighted by atomic mass is 16.5. The number of rotatable bonds is 8. The number of allylic oxidation sites excluding steroid dienone is 3. The van der Waals surface area contributed by atoms with Gasteiger partial charge in [-0.05, 0) is 142 Å². The number of aliphatic hydroxyl groups is 12. The number of ether oxygens (including phenoxy) is 1. The molecule has 0 saturated heterocycles. The Labute approximate surface area is 409 Å². The first-order chi connectivity index (χ1) is 32.2. The molecule has 14 nitrogen and oxygen atoms in total. The van der Waals surface area contributed by atoms with E-state index < -0.39 is 85.1 Å². The van der Waals surface area contributed by atoms with Crippen LogP contribution in [0.4, 0.5) is 0 Å². The molecule has 0 unspecified atom stereocenters. The van der Waals surface area contributed by atoms with E-state index in [0.717, 1.165) is 51.4 Å². The minimum Gasteiger partial charge on any atom is -0.458 e. The van der Waals surface area contributed by atoms with Gasteiger partial charge in [-0.2, -0.15) is 0 Å². The molecular weight excluding hydrogens is 873 g/mol. The number of carbonyl (C=O) groups is 1. The molecule has 0 saturated carbocycles. The molecule has 12 N–H and O–H groups in total. The van der Waals surface area contributed by atoms with Gasteiger partial charge in [-0.1, -0.05) is 88.3 Å². The molecule has 398 valence electrons. The summed E-state index contributed by atoms with van der Waals surface area (Å²) in [6.45, 7) is 8.77. The van der Waals surface area contributed by atoms with Crippen LogP contribution in [-0.4, -0.2) is 147 Å². The fraction of sp³-hybridized carbons (Fsp3) is 0.833. The second-order valence-electron chi connectivity index (χ2n) is 20.4. The summed E-state index contributed by atoms with van der Waals surface area (Å²) in [5.74, 6) is -1.55. The number of carbonyl (C=O) groups excluding carboxylic acids is 1. The van der Waals surface area contributed by atoms with E-state index in [1.807, 2.05) is 13.0 Å². The molecule has 0 amide bonds. The van der Waals surface area contributed by atoms with Gasteiger partial charge in [0.25, 0.3) is 0 Å². The van der Waals surface area contributed by atoms with E-state index in [4.69, 9.17) is 4.74 Å². The highest BCUT2D eigenvalue weighted by Gasteiger charge is 2.29. The predicted molar refractivity (Wildman–Crippen MR) is 267 cm³/mol. The number of unbranched alkanes of at least 4 members (excludes halogenated alkanes) is 2. The predicted octanol–water partition coefficient (Wildman–Crippen LogP) is 6.29. The van der Waals surface area contributed by atoms with Crippen molar-refractivity contribution in [3.05, 3.63) is 47.6 Å². The molecule has 1 heterocycles. The van der Waals surface area contributed by atoms with E-state index in [9.17, 15) is 66.1 Å². The maximum absolute atomic E-state index is 13.1. The molecule has 0 fully saturated rings. The van der Waals surface area contributed by atoms with Gasteiger partial charge in [-0.3, -0.25) is 0 Å². The van der Waals surface area contributed by atoms with Crippen LogP contribution in [0, 0.1) is 11.8 Å². The molecule has 0 spiro atoms. The highest BCUT2D eigenvalue weighted by Crippen LogP contribution is 2.25. The van der Waals surface area contributed by atoms with E-state index in [0.29, 0.717) is 81.8 Å². The van der Waals surface area contributed by atoms with Gasteiger partial charge < -0.3 is 66.0 Å². The lowest BCUT2D eigenvalue weighted by molar-refractivity contribution is -0.147. The molecule has 68 heavy (non-hydrogen) atoms. The standard InChI is InChI=1S/C54H98O14/c1-37-26-29-45(59)32-46(60)33-47(61)34-48(62)35-49(63)36-51(65)41(5)54(67)38(2)28-30-44(58)23-17-22-43(57)21-16-20-42(56)19-13-9-7-6-8-10-15-25-52(68-53(66)31-27-37)40(4)50(64)24-14-11-12-18-39(3)55/h10,15,26-28,31,39-52,54-65,67H,6-9,11-14,16-25,29-30,32-36H2,1-5H3/b15-10+,31-27+,37-26+,38-28+/t39-,40+,41-,42-,43-,44-,45+,46-,47+,48-,49+,50-,51-,52+,54-/m1/s1. The molecule has 0 bridgehead atoms. The average molecular weight is 971 g/mol. The fourth-order valence-electron chi connectivity index (χ4n) is 8.86. The zero-order valence-corrected chi connectivity index (χ0v) is 42.5. The third kappa shape index (κ3) is 32.0. The van der Waals surface area contributed by atoms with Crippen molar-refractivity contribution in [2.75, 3.05) is 0 Å². The van der Waals surface area contributed by atoms with Gasteiger partial charge in [-0.25, -0.2) is 4.79 Å². The Balaban J connectivity index is 2.99. The molecule has 0 aromatic rings. The summed E-state index contributed by atoms with van der Waals surface area (Å²) in [4.78, 5) is 13.1. The lowest BCUT2D eigenvalue weighted by atomic mass is 9.88. The van der Waals surface area contributed by atoms with Crippen LogP contribution in [0.5, 0.6) is 0 Å². The maximum Gasteiger partial charge on any atom is 0.331 e. The topological polar surface area (TPSA) is 269 Å². The van der Waals surface area contributed by atoms with Crippen LogP contribution in [0.1, 0.15) is 195 Å². The van der Waals surface area contributed by atoms with Crippen molar-refractivity contribution in [2.45, 2.75) is 274 Å². The lowest BCUT2D eigenvalue weighted by Crippen LogP contribution is -2.34. The van der Waals surface area contributed by atoms with Crippen LogP contribution < -0.4 is 0 Å². The normalized spacial score (nSPS) is 35.9. The number of hydrogen-bond acceptors (Lipinski definition) is 14. The number of cyclic esters (lactones) is 1. The van der Waals surface area contributed by atoms with Crippen LogP contribution in [0.15, 0.2) is 47.6 Å². The summed E-state index contributed by atoms with van der Waals surface area (Å²) in [6.07, 6.45) is 12.7. The van der Waals surface area contributed by atoms with E-state index in [2.05, 4.69) is 6.08 Å². The molecule has 0 aromatic heterocycles. The Hall–Kier alpha value is -2.05. The summed E-state index contributed by atoms with van der Waals surface area (Å²) >= 11 is 0. The van der Waals surface area contributed by atoms with Crippen molar-refractivity contribution in [3.63, 3.8) is 0 Å². The van der Waals surface area contributed by atoms with E-state index >= 15 is 0 Å². The number of hydrogen-bond donors (Lipinski definition) is 12. The summed E-state index contributed by atoms with van der Waals surface area (Å²) in [6, 6.07) is 0. The van der Waals surface area contributed by atoms with Crippen molar-refractivity contribution in [1.82, 2.24) is 0 Å². The SMILES string of the molecule is CC1=C\C[C@H](O)C[C@@H](O)C[C@H](O)C[C@@H](O)C[C@H](O)C[C@@H](O)[C@@H](C)[C@H](O)/C(C)=C/C[C@H](O)CCC[C@H](O)CCC[C@H](O)CCCCCC/C=C/C[C@@H]([C@@H](C)[C@H](O)CCCCC[C@@H](C)O)OC(=O)\C=C\1. The summed E-state index contributed by atoms with van der Waals surface area (Å²) < 4.78 is 5.90. The van der Waals surface area contributed by atoms with Crippen molar-refractivity contribution < 1.29 is 70.8 Å². The van der Waals surface area contributed by atoms with Crippen LogP contribution in [-0.2, 0) is 9.53 Å². The van der Waals surface area contributed by atoms with Crippen molar-refractivity contribution in [2.24, 2.45) is 11.8 Å². The van der Waals surface area contributed by atoms with Gasteiger partial charge in [0.2, 0.25) is 0 Å².